The molecule has 0 aromatic heterocycles. The summed E-state index contributed by atoms with van der Waals surface area (Å²) in [6.07, 6.45) is 0. The molecule has 0 aliphatic carbocycles. The number of nitrogens with one attached hydrogen (secondary N) is 2. The van der Waals surface area contributed by atoms with Crippen molar-refractivity contribution in [2.75, 3.05) is 10.6 Å². The van der Waals surface area contributed by atoms with Crippen LogP contribution in [0.4, 0.5) is 22.7 Å². The summed E-state index contributed by atoms with van der Waals surface area (Å²) in [6, 6.07) is 61.8. The lowest BCUT2D eigenvalue weighted by Crippen LogP contribution is -2.01. The molecule has 9 aromatic carbocycles. The van der Waals surface area contributed by atoms with Gasteiger partial charge in [-0.1, -0.05) is 145 Å². The van der Waals surface area contributed by atoms with Crippen molar-refractivity contribution in [2.24, 2.45) is 0 Å². The van der Waals surface area contributed by atoms with Crippen LogP contribution >= 0.6 is 0 Å². The monoisotopic (exact) mass is 640 g/mol. The number of hydrogen-bond donors (Lipinski definition) is 2. The first-order valence-corrected chi connectivity index (χ1v) is 17.3. The molecule has 0 unspecified atom stereocenters. The lowest BCUT2D eigenvalue weighted by molar-refractivity contribution is 1.46. The minimum atomic E-state index is 1.06. The maximum atomic E-state index is 3.94. The zero-order chi connectivity index (χ0) is 33.6. The Hall–Kier alpha value is -6.38. The summed E-state index contributed by atoms with van der Waals surface area (Å²) in [5, 5.41) is 17.4. The third-order valence-corrected chi connectivity index (χ3v) is 9.93. The van der Waals surface area contributed by atoms with E-state index in [4.69, 9.17) is 0 Å². The van der Waals surface area contributed by atoms with Crippen LogP contribution in [0.3, 0.4) is 0 Å². The first-order chi connectivity index (χ1) is 24.6. The predicted molar refractivity (Wildman–Crippen MR) is 216 cm³/mol. The summed E-state index contributed by atoms with van der Waals surface area (Å²) in [4.78, 5) is 0. The molecule has 238 valence electrons. The molecule has 0 aliphatic rings. The minimum Gasteiger partial charge on any atom is -0.355 e. The average Bonchev–Trinajstić information content (AvgIpc) is 3.16. The summed E-state index contributed by atoms with van der Waals surface area (Å²) in [7, 11) is 0. The van der Waals surface area contributed by atoms with E-state index in [0.717, 1.165) is 38.9 Å². The van der Waals surface area contributed by atoms with Gasteiger partial charge in [-0.2, -0.15) is 0 Å². The summed E-state index contributed by atoms with van der Waals surface area (Å²) >= 11 is 0. The Labute approximate surface area is 292 Å². The van der Waals surface area contributed by atoms with Crippen molar-refractivity contribution in [1.29, 1.82) is 0 Å². The molecular formula is C48H36N2. The van der Waals surface area contributed by atoms with E-state index in [0.29, 0.717) is 0 Å². The molecule has 9 rings (SSSR count). The second kappa shape index (κ2) is 12.3. The molecule has 0 saturated carbocycles. The van der Waals surface area contributed by atoms with Crippen LogP contribution in [0.25, 0.3) is 65.3 Å². The van der Waals surface area contributed by atoms with Crippen molar-refractivity contribution >= 4 is 65.8 Å². The number of hydrogen-bond acceptors (Lipinski definition) is 2. The first-order valence-electron chi connectivity index (χ1n) is 17.3. The summed E-state index contributed by atoms with van der Waals surface area (Å²) < 4.78 is 0. The summed E-state index contributed by atoms with van der Waals surface area (Å²) in [5.74, 6) is 0. The third-order valence-electron chi connectivity index (χ3n) is 9.93. The van der Waals surface area contributed by atoms with E-state index in [1.165, 1.54) is 60.3 Å². The average molecular weight is 641 g/mol. The van der Waals surface area contributed by atoms with Gasteiger partial charge in [-0.25, -0.2) is 0 Å². The van der Waals surface area contributed by atoms with E-state index in [1.807, 2.05) is 0 Å². The van der Waals surface area contributed by atoms with Gasteiger partial charge >= 0.3 is 0 Å². The highest BCUT2D eigenvalue weighted by Crippen LogP contribution is 2.49. The van der Waals surface area contributed by atoms with Crippen molar-refractivity contribution in [1.82, 2.24) is 0 Å². The molecule has 0 amide bonds. The van der Waals surface area contributed by atoms with Crippen LogP contribution in [-0.2, 0) is 0 Å². The highest BCUT2D eigenvalue weighted by molar-refractivity contribution is 6.26. The zero-order valence-corrected chi connectivity index (χ0v) is 28.2. The van der Waals surface area contributed by atoms with E-state index in [1.54, 1.807) is 0 Å². The normalized spacial score (nSPS) is 11.4. The van der Waals surface area contributed by atoms with Crippen molar-refractivity contribution < 1.29 is 0 Å². The molecule has 0 atom stereocenters. The van der Waals surface area contributed by atoms with Gasteiger partial charge in [-0.15, -0.1) is 0 Å². The van der Waals surface area contributed by atoms with Gasteiger partial charge in [0.15, 0.2) is 0 Å². The molecule has 0 heterocycles. The van der Waals surface area contributed by atoms with Crippen LogP contribution in [-0.4, -0.2) is 0 Å². The molecule has 0 saturated heterocycles. The summed E-state index contributed by atoms with van der Waals surface area (Å²) in [5.41, 5.74) is 11.6. The molecule has 0 aliphatic heterocycles. The number of rotatable bonds is 6. The topological polar surface area (TPSA) is 24.1 Å². The molecule has 2 N–H and O–H groups in total. The van der Waals surface area contributed by atoms with Crippen molar-refractivity contribution in [3.05, 3.63) is 181 Å². The fourth-order valence-corrected chi connectivity index (χ4v) is 7.34. The maximum absolute atomic E-state index is 3.94. The molecule has 0 bridgehead atoms. The Kier molecular flexibility index (Phi) is 7.29. The largest absolute Gasteiger partial charge is 0.355 e. The van der Waals surface area contributed by atoms with Gasteiger partial charge in [0, 0.05) is 32.9 Å². The van der Waals surface area contributed by atoms with Gasteiger partial charge in [0.1, 0.15) is 0 Å². The lowest BCUT2D eigenvalue weighted by Gasteiger charge is -2.24. The Morgan fingerprint density at radius 2 is 0.840 bits per heavy atom. The number of aryl methyl sites for hydroxylation is 2. The van der Waals surface area contributed by atoms with Gasteiger partial charge in [-0.3, -0.25) is 0 Å². The Morgan fingerprint density at radius 3 is 1.44 bits per heavy atom. The fraction of sp³-hybridized carbons (Fsp3) is 0.0417. The number of benzene rings is 9. The second-order valence-electron chi connectivity index (χ2n) is 13.3. The van der Waals surface area contributed by atoms with Crippen LogP contribution in [0.15, 0.2) is 170 Å². The SMILES string of the molecule is Cc1ccc(Nc2c3ccccc3c(Nc3ccc(C)cc3)c3c(-c4ccc5ccccc5c4)c(-c4ccc5ccccc5c4)ccc23)cc1. The Balaban J connectivity index is 1.43. The molecule has 2 heteroatoms. The van der Waals surface area contributed by atoms with Crippen molar-refractivity contribution in [3.8, 4) is 22.3 Å². The zero-order valence-electron chi connectivity index (χ0n) is 28.2. The minimum absolute atomic E-state index is 1.06. The smallest absolute Gasteiger partial charge is 0.0551 e. The second-order valence-corrected chi connectivity index (χ2v) is 13.3. The standard InChI is InChI=1S/C48H36N2/c1-31-15-23-39(24-16-31)49-47-42-13-7-8-14-43(42)48(50-40-25-17-32(2)18-26-40)46-44(47)28-27-41(37-21-19-33-9-3-5-11-35(33)29-37)45(46)38-22-20-34-10-4-6-12-36(34)30-38/h3-30,49-50H,1-2H3. The maximum Gasteiger partial charge on any atom is 0.0551 e. The number of anilines is 4. The van der Waals surface area contributed by atoms with Crippen LogP contribution in [0, 0.1) is 13.8 Å². The van der Waals surface area contributed by atoms with Gasteiger partial charge in [0.2, 0.25) is 0 Å². The van der Waals surface area contributed by atoms with Gasteiger partial charge < -0.3 is 10.6 Å². The summed E-state index contributed by atoms with van der Waals surface area (Å²) in [6.45, 7) is 4.26. The Bertz CT molecular complexity index is 2700. The Morgan fingerprint density at radius 1 is 0.360 bits per heavy atom. The highest BCUT2D eigenvalue weighted by atomic mass is 14.9. The molecule has 0 spiro atoms. The fourth-order valence-electron chi connectivity index (χ4n) is 7.34. The van der Waals surface area contributed by atoms with Gasteiger partial charge in [0.05, 0.1) is 11.4 Å². The van der Waals surface area contributed by atoms with Crippen molar-refractivity contribution in [3.63, 3.8) is 0 Å². The predicted octanol–water partition coefficient (Wildman–Crippen LogP) is 13.7. The van der Waals surface area contributed by atoms with Crippen LogP contribution in [0.2, 0.25) is 0 Å². The van der Waals surface area contributed by atoms with Crippen LogP contribution < -0.4 is 10.6 Å². The highest BCUT2D eigenvalue weighted by Gasteiger charge is 2.22. The molecule has 0 radical (unpaired) electrons. The van der Waals surface area contributed by atoms with E-state index >= 15 is 0 Å². The first kappa shape index (κ1) is 29.7. The quantitative estimate of drug-likeness (QED) is 0.140. The lowest BCUT2D eigenvalue weighted by atomic mass is 9.85. The van der Waals surface area contributed by atoms with E-state index < -0.39 is 0 Å². The molecule has 50 heavy (non-hydrogen) atoms. The van der Waals surface area contributed by atoms with Crippen molar-refractivity contribution in [2.45, 2.75) is 13.8 Å². The molecule has 2 nitrogen and oxygen atoms in total. The molecular weight excluding hydrogens is 605 g/mol. The van der Waals surface area contributed by atoms with E-state index in [-0.39, 0.29) is 0 Å². The van der Waals surface area contributed by atoms with Gasteiger partial charge in [-0.05, 0) is 94.0 Å². The van der Waals surface area contributed by atoms with Gasteiger partial charge in [0.25, 0.3) is 0 Å². The van der Waals surface area contributed by atoms with Crippen LogP contribution in [0.1, 0.15) is 11.1 Å². The van der Waals surface area contributed by atoms with Crippen LogP contribution in [0.5, 0.6) is 0 Å². The molecule has 9 aromatic rings. The van der Waals surface area contributed by atoms with E-state index in [2.05, 4.69) is 194 Å². The number of fused-ring (bicyclic) bond motifs is 4. The third kappa shape index (κ3) is 5.32. The molecule has 0 fully saturated rings. The van der Waals surface area contributed by atoms with E-state index in [9.17, 15) is 0 Å².